The second-order valence-corrected chi connectivity index (χ2v) is 2.52. The van der Waals surface area contributed by atoms with Crippen LogP contribution in [0, 0.1) is 0 Å². The third-order valence-corrected chi connectivity index (χ3v) is 1.62. The molecule has 0 saturated heterocycles. The largest absolute Gasteiger partial charge is 0.261 e. The Balaban J connectivity index is 0.000000561. The van der Waals surface area contributed by atoms with E-state index in [0.29, 0.717) is 0 Å². The molecule has 0 saturated carbocycles. The summed E-state index contributed by atoms with van der Waals surface area (Å²) in [4.78, 5) is 4.18. The monoisotopic (exact) mass is 165 g/mol. The van der Waals surface area contributed by atoms with Gasteiger partial charge in [0.25, 0.3) is 0 Å². The van der Waals surface area contributed by atoms with Crippen LogP contribution in [-0.2, 0) is 0 Å². The van der Waals surface area contributed by atoms with Gasteiger partial charge in [-0.1, -0.05) is 32.4 Å². The van der Waals surface area contributed by atoms with E-state index in [4.69, 9.17) is 0 Å². The minimum Gasteiger partial charge on any atom is -0.261 e. The SMILES string of the molecule is CC.CC/C(C)=C/C1=CCC=N1. The van der Waals surface area contributed by atoms with Crippen LogP contribution in [0.1, 0.15) is 40.5 Å². The molecule has 0 aliphatic carbocycles. The van der Waals surface area contributed by atoms with Gasteiger partial charge < -0.3 is 0 Å². The standard InChI is InChI=1S/C9H13N.C2H6/c1-3-8(2)7-9-5-4-6-10-9;1-2/h5-7H,3-4H2,1-2H3;1-2H3/b8-7+;. The van der Waals surface area contributed by atoms with Gasteiger partial charge in [-0.2, -0.15) is 0 Å². The van der Waals surface area contributed by atoms with Gasteiger partial charge in [-0.05, 0) is 19.4 Å². The summed E-state index contributed by atoms with van der Waals surface area (Å²) in [6.45, 7) is 8.29. The molecule has 0 aromatic heterocycles. The van der Waals surface area contributed by atoms with Gasteiger partial charge in [0, 0.05) is 12.6 Å². The third kappa shape index (κ3) is 4.12. The maximum Gasteiger partial charge on any atom is 0.0589 e. The van der Waals surface area contributed by atoms with Crippen LogP contribution in [0.15, 0.2) is 28.4 Å². The Hall–Kier alpha value is -0.850. The van der Waals surface area contributed by atoms with Crippen LogP contribution < -0.4 is 0 Å². The van der Waals surface area contributed by atoms with Crippen LogP contribution in [0.3, 0.4) is 0 Å². The van der Waals surface area contributed by atoms with Crippen molar-refractivity contribution in [3.8, 4) is 0 Å². The zero-order valence-corrected chi connectivity index (χ0v) is 8.59. The van der Waals surface area contributed by atoms with E-state index in [-0.39, 0.29) is 0 Å². The summed E-state index contributed by atoms with van der Waals surface area (Å²) in [5.41, 5.74) is 2.52. The van der Waals surface area contributed by atoms with Crippen molar-refractivity contribution in [2.75, 3.05) is 0 Å². The van der Waals surface area contributed by atoms with Crippen molar-refractivity contribution in [2.24, 2.45) is 4.99 Å². The van der Waals surface area contributed by atoms with Crippen molar-refractivity contribution < 1.29 is 0 Å². The third-order valence-electron chi connectivity index (χ3n) is 1.62. The van der Waals surface area contributed by atoms with Gasteiger partial charge in [0.15, 0.2) is 0 Å². The Morgan fingerprint density at radius 2 is 2.25 bits per heavy atom. The molecule has 68 valence electrons. The lowest BCUT2D eigenvalue weighted by atomic mass is 10.2. The molecule has 1 nitrogen and oxygen atoms in total. The predicted octanol–water partition coefficient (Wildman–Crippen LogP) is 3.73. The van der Waals surface area contributed by atoms with Crippen LogP contribution in [0.2, 0.25) is 0 Å². The van der Waals surface area contributed by atoms with Gasteiger partial charge in [0.2, 0.25) is 0 Å². The molecule has 1 rings (SSSR count). The zero-order chi connectivity index (χ0) is 9.40. The average Bonchev–Trinajstić information content (AvgIpc) is 2.60. The van der Waals surface area contributed by atoms with Crippen LogP contribution in [0.4, 0.5) is 0 Å². The van der Waals surface area contributed by atoms with Gasteiger partial charge in [-0.15, -0.1) is 0 Å². The molecule has 0 radical (unpaired) electrons. The van der Waals surface area contributed by atoms with Crippen molar-refractivity contribution in [2.45, 2.75) is 40.5 Å². The minimum atomic E-state index is 1.00. The Labute approximate surface area is 75.9 Å². The highest BCUT2D eigenvalue weighted by Gasteiger charge is 1.94. The molecule has 1 aliphatic rings. The molecule has 12 heavy (non-hydrogen) atoms. The second kappa shape index (κ2) is 6.84. The predicted molar refractivity (Wildman–Crippen MR) is 56.6 cm³/mol. The summed E-state index contributed by atoms with van der Waals surface area (Å²) in [7, 11) is 0. The highest BCUT2D eigenvalue weighted by atomic mass is 14.7. The van der Waals surface area contributed by atoms with Crippen LogP contribution in [-0.4, -0.2) is 6.21 Å². The van der Waals surface area contributed by atoms with Gasteiger partial charge in [0.05, 0.1) is 5.70 Å². The summed E-state index contributed by atoms with van der Waals surface area (Å²) >= 11 is 0. The molecule has 0 bridgehead atoms. The molecule has 0 spiro atoms. The summed E-state index contributed by atoms with van der Waals surface area (Å²) in [6, 6.07) is 0. The second-order valence-electron chi connectivity index (χ2n) is 2.52. The van der Waals surface area contributed by atoms with Crippen molar-refractivity contribution in [1.82, 2.24) is 0 Å². The first-order chi connectivity index (χ1) is 5.83. The molecule has 0 atom stereocenters. The van der Waals surface area contributed by atoms with Gasteiger partial charge in [0.1, 0.15) is 0 Å². The number of aliphatic imine (C=N–C) groups is 1. The highest BCUT2D eigenvalue weighted by molar-refractivity contribution is 5.65. The molecule has 1 aliphatic heterocycles. The van der Waals surface area contributed by atoms with E-state index in [9.17, 15) is 0 Å². The van der Waals surface area contributed by atoms with E-state index < -0.39 is 0 Å². The van der Waals surface area contributed by atoms with E-state index in [2.05, 4.69) is 31.0 Å². The van der Waals surface area contributed by atoms with Crippen LogP contribution in [0.25, 0.3) is 0 Å². The van der Waals surface area contributed by atoms with Gasteiger partial charge in [-0.3, -0.25) is 4.99 Å². The zero-order valence-electron chi connectivity index (χ0n) is 8.59. The Bertz CT molecular complexity index is 197. The average molecular weight is 165 g/mol. The van der Waals surface area contributed by atoms with Crippen molar-refractivity contribution in [3.05, 3.63) is 23.4 Å². The highest BCUT2D eigenvalue weighted by Crippen LogP contribution is 2.10. The quantitative estimate of drug-likeness (QED) is 0.591. The Kier molecular flexibility index (Phi) is 6.35. The number of nitrogens with zero attached hydrogens (tertiary/aromatic N) is 1. The van der Waals surface area contributed by atoms with Gasteiger partial charge in [-0.25, -0.2) is 0 Å². The fourth-order valence-corrected chi connectivity index (χ4v) is 0.835. The van der Waals surface area contributed by atoms with E-state index in [0.717, 1.165) is 18.5 Å². The van der Waals surface area contributed by atoms with E-state index in [1.807, 2.05) is 20.1 Å². The first-order valence-corrected chi connectivity index (χ1v) is 4.72. The fraction of sp³-hybridized carbons (Fsp3) is 0.545. The lowest BCUT2D eigenvalue weighted by Gasteiger charge is -1.92. The summed E-state index contributed by atoms with van der Waals surface area (Å²) in [6.07, 6.45) is 8.34. The fourth-order valence-electron chi connectivity index (χ4n) is 0.835. The van der Waals surface area contributed by atoms with Crippen LogP contribution >= 0.6 is 0 Å². The maximum absolute atomic E-state index is 4.18. The minimum absolute atomic E-state index is 1.00. The van der Waals surface area contributed by atoms with Crippen molar-refractivity contribution in [1.29, 1.82) is 0 Å². The molecule has 1 heterocycles. The number of hydrogen-bond acceptors (Lipinski definition) is 1. The molecular weight excluding hydrogens is 146 g/mol. The molecule has 0 unspecified atom stereocenters. The summed E-state index contributed by atoms with van der Waals surface area (Å²) in [5, 5.41) is 0. The van der Waals surface area contributed by atoms with Crippen molar-refractivity contribution in [3.63, 3.8) is 0 Å². The summed E-state index contributed by atoms with van der Waals surface area (Å²) < 4.78 is 0. The number of allylic oxidation sites excluding steroid dienone is 3. The van der Waals surface area contributed by atoms with E-state index >= 15 is 0 Å². The first-order valence-electron chi connectivity index (χ1n) is 4.72. The van der Waals surface area contributed by atoms with E-state index in [1.165, 1.54) is 5.57 Å². The molecule has 0 amide bonds. The smallest absolute Gasteiger partial charge is 0.0589 e. The Morgan fingerprint density at radius 3 is 2.67 bits per heavy atom. The maximum atomic E-state index is 4.18. The van der Waals surface area contributed by atoms with Crippen molar-refractivity contribution >= 4 is 6.21 Å². The molecule has 0 fully saturated rings. The lowest BCUT2D eigenvalue weighted by molar-refractivity contribution is 1.09. The summed E-state index contributed by atoms with van der Waals surface area (Å²) in [5.74, 6) is 0. The first kappa shape index (κ1) is 11.2. The molecular formula is C11H19N. The van der Waals surface area contributed by atoms with Gasteiger partial charge >= 0.3 is 0 Å². The normalized spacial score (nSPS) is 15.3. The molecule has 0 N–H and O–H groups in total. The Morgan fingerprint density at radius 1 is 1.58 bits per heavy atom. The molecule has 0 aromatic carbocycles. The lowest BCUT2D eigenvalue weighted by Crippen LogP contribution is -1.72. The molecule has 1 heteroatoms. The molecule has 0 aromatic rings. The van der Waals surface area contributed by atoms with E-state index in [1.54, 1.807) is 0 Å². The van der Waals surface area contributed by atoms with Crippen LogP contribution in [0.5, 0.6) is 0 Å². The number of hydrogen-bond donors (Lipinski definition) is 0. The number of rotatable bonds is 2. The topological polar surface area (TPSA) is 12.4 Å².